The van der Waals surface area contributed by atoms with Crippen molar-refractivity contribution in [2.75, 3.05) is 0 Å². The summed E-state index contributed by atoms with van der Waals surface area (Å²) in [5, 5.41) is 0. The van der Waals surface area contributed by atoms with Crippen LogP contribution in [0.3, 0.4) is 0 Å². The first-order chi connectivity index (χ1) is 4.95. The quantitative estimate of drug-likeness (QED) is 0.583. The fourth-order valence-electron chi connectivity index (χ4n) is 1.09. The molecule has 0 fully saturated rings. The Bertz CT molecular complexity index is 198. The molecule has 2 N–H and O–H groups in total. The second kappa shape index (κ2) is 2.43. The van der Waals surface area contributed by atoms with Gasteiger partial charge in [-0.1, -0.05) is 0 Å². The molecule has 0 bridgehead atoms. The second-order valence-electron chi connectivity index (χ2n) is 3.00. The molecule has 64 valence electrons. The first-order valence-electron chi connectivity index (χ1n) is 3.42. The number of nitrogens with two attached hydrogens (primary N) is 1. The lowest BCUT2D eigenvalue weighted by molar-refractivity contribution is 0.0654. The Hall–Kier alpha value is -0.670. The van der Waals surface area contributed by atoms with Gasteiger partial charge in [-0.3, -0.25) is 0 Å². The normalized spacial score (nSPS) is 39.5. The Balaban J connectivity index is 2.90. The number of hydrogen-bond donors (Lipinski definition) is 1. The summed E-state index contributed by atoms with van der Waals surface area (Å²) < 4.78 is 38.4. The standard InChI is InChI=1S/C7H10F3N/c1-7(10)3-2-4(8)5(11)6(7)9/h6H,2-3,11H2,1H3. The summed E-state index contributed by atoms with van der Waals surface area (Å²) in [6.07, 6.45) is -2.23. The molecule has 0 aromatic heterocycles. The van der Waals surface area contributed by atoms with Crippen LogP contribution in [0.4, 0.5) is 13.2 Å². The van der Waals surface area contributed by atoms with Gasteiger partial charge in [0, 0.05) is 6.42 Å². The molecule has 11 heavy (non-hydrogen) atoms. The van der Waals surface area contributed by atoms with Gasteiger partial charge in [0.05, 0.1) is 5.70 Å². The smallest absolute Gasteiger partial charge is 0.175 e. The van der Waals surface area contributed by atoms with Crippen LogP contribution in [0.5, 0.6) is 0 Å². The summed E-state index contributed by atoms with van der Waals surface area (Å²) in [6.45, 7) is 1.09. The molecule has 1 rings (SSSR count). The molecule has 1 aliphatic carbocycles. The number of halogens is 3. The molecule has 2 unspecified atom stereocenters. The molecule has 0 amide bonds. The van der Waals surface area contributed by atoms with E-state index >= 15 is 0 Å². The molecule has 0 saturated heterocycles. The topological polar surface area (TPSA) is 26.0 Å². The van der Waals surface area contributed by atoms with Crippen molar-refractivity contribution < 1.29 is 13.2 Å². The molecule has 0 saturated carbocycles. The van der Waals surface area contributed by atoms with Gasteiger partial charge in [0.25, 0.3) is 0 Å². The lowest BCUT2D eigenvalue weighted by Crippen LogP contribution is -2.39. The summed E-state index contributed by atoms with van der Waals surface area (Å²) in [7, 11) is 0. The van der Waals surface area contributed by atoms with E-state index in [9.17, 15) is 13.2 Å². The van der Waals surface area contributed by atoms with Crippen LogP contribution >= 0.6 is 0 Å². The van der Waals surface area contributed by atoms with Crippen LogP contribution in [0, 0.1) is 0 Å². The SMILES string of the molecule is CC1(F)CCC(F)=C(N)C1F. The van der Waals surface area contributed by atoms with Crippen LogP contribution in [-0.4, -0.2) is 11.8 Å². The number of hydrogen-bond acceptors (Lipinski definition) is 1. The van der Waals surface area contributed by atoms with Crippen LogP contribution in [-0.2, 0) is 0 Å². The van der Waals surface area contributed by atoms with Crippen molar-refractivity contribution >= 4 is 0 Å². The van der Waals surface area contributed by atoms with E-state index in [1.807, 2.05) is 0 Å². The maximum atomic E-state index is 13.0. The molecule has 0 aromatic rings. The zero-order valence-electron chi connectivity index (χ0n) is 6.20. The molecule has 2 atom stereocenters. The predicted octanol–water partition coefficient (Wildman–Crippen LogP) is 1.99. The van der Waals surface area contributed by atoms with E-state index in [1.165, 1.54) is 0 Å². The fraction of sp³-hybridized carbons (Fsp3) is 0.714. The maximum Gasteiger partial charge on any atom is 0.175 e. The largest absolute Gasteiger partial charge is 0.397 e. The van der Waals surface area contributed by atoms with Crippen molar-refractivity contribution in [3.05, 3.63) is 11.5 Å². The van der Waals surface area contributed by atoms with Gasteiger partial charge in [0.15, 0.2) is 6.17 Å². The third-order valence-corrected chi connectivity index (χ3v) is 1.95. The highest BCUT2D eigenvalue weighted by molar-refractivity contribution is 5.18. The van der Waals surface area contributed by atoms with Crippen LogP contribution in [0.25, 0.3) is 0 Å². The van der Waals surface area contributed by atoms with Crippen molar-refractivity contribution in [3.63, 3.8) is 0 Å². The van der Waals surface area contributed by atoms with Gasteiger partial charge < -0.3 is 5.73 Å². The second-order valence-corrected chi connectivity index (χ2v) is 3.00. The minimum atomic E-state index is -2.00. The molecule has 4 heteroatoms. The summed E-state index contributed by atoms with van der Waals surface area (Å²) in [5.74, 6) is -0.715. The van der Waals surface area contributed by atoms with Crippen molar-refractivity contribution in [1.82, 2.24) is 0 Å². The van der Waals surface area contributed by atoms with E-state index < -0.39 is 23.4 Å². The third-order valence-electron chi connectivity index (χ3n) is 1.95. The minimum Gasteiger partial charge on any atom is -0.397 e. The fourth-order valence-corrected chi connectivity index (χ4v) is 1.09. The highest BCUT2D eigenvalue weighted by Gasteiger charge is 2.41. The highest BCUT2D eigenvalue weighted by atomic mass is 19.2. The first-order valence-corrected chi connectivity index (χ1v) is 3.42. The Morgan fingerprint density at radius 3 is 2.64 bits per heavy atom. The van der Waals surface area contributed by atoms with Gasteiger partial charge in [-0.05, 0) is 13.3 Å². The maximum absolute atomic E-state index is 13.0. The highest BCUT2D eigenvalue weighted by Crippen LogP contribution is 2.35. The molecule has 1 nitrogen and oxygen atoms in total. The lowest BCUT2D eigenvalue weighted by Gasteiger charge is -2.28. The third kappa shape index (κ3) is 1.34. The van der Waals surface area contributed by atoms with Crippen molar-refractivity contribution in [2.45, 2.75) is 31.6 Å². The summed E-state index contributed by atoms with van der Waals surface area (Å²) in [6, 6.07) is 0. The van der Waals surface area contributed by atoms with E-state index in [4.69, 9.17) is 5.73 Å². The van der Waals surface area contributed by atoms with Gasteiger partial charge in [-0.15, -0.1) is 0 Å². The monoisotopic (exact) mass is 165 g/mol. The van der Waals surface area contributed by atoms with Crippen LogP contribution < -0.4 is 5.73 Å². The number of rotatable bonds is 0. The molecule has 0 aromatic carbocycles. The summed E-state index contributed by atoms with van der Waals surface area (Å²) >= 11 is 0. The number of alkyl halides is 2. The lowest BCUT2D eigenvalue weighted by atomic mass is 9.88. The van der Waals surface area contributed by atoms with Gasteiger partial charge >= 0.3 is 0 Å². The molecule has 0 spiro atoms. The van der Waals surface area contributed by atoms with E-state index in [2.05, 4.69) is 0 Å². The van der Waals surface area contributed by atoms with E-state index in [1.54, 1.807) is 0 Å². The van der Waals surface area contributed by atoms with Gasteiger partial charge in [-0.2, -0.15) is 0 Å². The van der Waals surface area contributed by atoms with Crippen LogP contribution in [0.1, 0.15) is 19.8 Å². The van der Waals surface area contributed by atoms with E-state index in [0.717, 1.165) is 6.92 Å². The molecule has 0 heterocycles. The summed E-state index contributed by atoms with van der Waals surface area (Å²) in [5.41, 5.74) is 2.40. The average molecular weight is 165 g/mol. The Morgan fingerprint density at radius 2 is 2.18 bits per heavy atom. The van der Waals surface area contributed by atoms with E-state index in [-0.39, 0.29) is 12.8 Å². The zero-order valence-corrected chi connectivity index (χ0v) is 6.20. The Kier molecular flexibility index (Phi) is 1.86. The molecule has 0 aliphatic heterocycles. The van der Waals surface area contributed by atoms with Crippen LogP contribution in [0.15, 0.2) is 11.5 Å². The Labute approximate surface area is 63.1 Å². The van der Waals surface area contributed by atoms with E-state index in [0.29, 0.717) is 0 Å². The number of allylic oxidation sites excluding steroid dienone is 2. The minimum absolute atomic E-state index is 0.0980. The van der Waals surface area contributed by atoms with Gasteiger partial charge in [0.1, 0.15) is 11.5 Å². The molecule has 0 radical (unpaired) electrons. The molecular weight excluding hydrogens is 155 g/mol. The zero-order chi connectivity index (χ0) is 8.65. The van der Waals surface area contributed by atoms with Gasteiger partial charge in [-0.25, -0.2) is 13.2 Å². The van der Waals surface area contributed by atoms with Crippen molar-refractivity contribution in [2.24, 2.45) is 5.73 Å². The van der Waals surface area contributed by atoms with Crippen molar-refractivity contribution in [3.8, 4) is 0 Å². The Morgan fingerprint density at radius 1 is 1.64 bits per heavy atom. The predicted molar refractivity (Wildman–Crippen MR) is 36.0 cm³/mol. The molecular formula is C7H10F3N. The van der Waals surface area contributed by atoms with Crippen molar-refractivity contribution in [1.29, 1.82) is 0 Å². The van der Waals surface area contributed by atoms with Gasteiger partial charge in [0.2, 0.25) is 0 Å². The summed E-state index contributed by atoms with van der Waals surface area (Å²) in [4.78, 5) is 0. The average Bonchev–Trinajstić information content (AvgIpc) is 1.95. The van der Waals surface area contributed by atoms with Crippen LogP contribution in [0.2, 0.25) is 0 Å². The first kappa shape index (κ1) is 8.43. The molecule has 1 aliphatic rings.